The van der Waals surface area contributed by atoms with Gasteiger partial charge in [0.25, 0.3) is 11.4 Å². The van der Waals surface area contributed by atoms with E-state index >= 15 is 0 Å². The van der Waals surface area contributed by atoms with Crippen LogP contribution in [0.3, 0.4) is 0 Å². The fourth-order valence-electron chi connectivity index (χ4n) is 3.59. The highest BCUT2D eigenvalue weighted by atomic mass is 16.5. The third kappa shape index (κ3) is 3.46. The van der Waals surface area contributed by atoms with Gasteiger partial charge >= 0.3 is 0 Å². The summed E-state index contributed by atoms with van der Waals surface area (Å²) in [5, 5.41) is 4.10. The SMILES string of the molecule is Cc1ccc(-c2nc(Cn3c(=O)c(N4CCOCC4)nc4ccccc43)no2)cc1. The third-order valence-corrected chi connectivity index (χ3v) is 5.21. The van der Waals surface area contributed by atoms with Crippen LogP contribution in [0.2, 0.25) is 0 Å². The van der Waals surface area contributed by atoms with Crippen LogP contribution in [0.15, 0.2) is 57.8 Å². The first-order chi connectivity index (χ1) is 14.7. The van der Waals surface area contributed by atoms with E-state index < -0.39 is 0 Å². The Morgan fingerprint density at radius 3 is 2.57 bits per heavy atom. The molecule has 0 saturated carbocycles. The Hall–Kier alpha value is -3.52. The largest absolute Gasteiger partial charge is 0.378 e. The number of morpholine rings is 1. The summed E-state index contributed by atoms with van der Waals surface area (Å²) in [5.41, 5.74) is 3.32. The summed E-state index contributed by atoms with van der Waals surface area (Å²) in [4.78, 5) is 24.4. The van der Waals surface area contributed by atoms with Gasteiger partial charge in [-0.15, -0.1) is 0 Å². The summed E-state index contributed by atoms with van der Waals surface area (Å²) in [7, 11) is 0. The Morgan fingerprint density at radius 1 is 1.00 bits per heavy atom. The molecule has 1 aliphatic rings. The summed E-state index contributed by atoms with van der Waals surface area (Å²) in [6.45, 7) is 4.67. The zero-order valence-corrected chi connectivity index (χ0v) is 16.6. The molecule has 0 aliphatic carbocycles. The molecule has 0 spiro atoms. The molecule has 2 aromatic heterocycles. The van der Waals surface area contributed by atoms with Crippen molar-refractivity contribution in [1.82, 2.24) is 19.7 Å². The van der Waals surface area contributed by atoms with Gasteiger partial charge in [-0.1, -0.05) is 35.0 Å². The summed E-state index contributed by atoms with van der Waals surface area (Å²) >= 11 is 0. The second kappa shape index (κ2) is 7.72. The number of fused-ring (bicyclic) bond motifs is 1. The van der Waals surface area contributed by atoms with Crippen LogP contribution in [0.4, 0.5) is 5.82 Å². The van der Waals surface area contributed by atoms with Gasteiger partial charge in [0, 0.05) is 18.7 Å². The molecule has 2 aromatic carbocycles. The van der Waals surface area contributed by atoms with Gasteiger partial charge in [-0.3, -0.25) is 9.36 Å². The Balaban J connectivity index is 1.54. The fraction of sp³-hybridized carbons (Fsp3) is 0.273. The van der Waals surface area contributed by atoms with E-state index in [4.69, 9.17) is 9.26 Å². The van der Waals surface area contributed by atoms with Gasteiger partial charge < -0.3 is 14.2 Å². The predicted octanol–water partition coefficient (Wildman–Crippen LogP) is 2.64. The van der Waals surface area contributed by atoms with Crippen LogP contribution in [0.1, 0.15) is 11.4 Å². The molecule has 0 atom stereocenters. The van der Waals surface area contributed by atoms with Crippen molar-refractivity contribution in [3.05, 3.63) is 70.3 Å². The second-order valence-corrected chi connectivity index (χ2v) is 7.30. The van der Waals surface area contributed by atoms with Crippen molar-refractivity contribution in [3.8, 4) is 11.5 Å². The van der Waals surface area contributed by atoms with Gasteiger partial charge in [0.2, 0.25) is 0 Å². The summed E-state index contributed by atoms with van der Waals surface area (Å²) in [5.74, 6) is 1.31. The zero-order chi connectivity index (χ0) is 20.5. The molecule has 5 rings (SSSR count). The Kier molecular flexibility index (Phi) is 4.76. The first-order valence-corrected chi connectivity index (χ1v) is 9.91. The molecule has 0 N–H and O–H groups in total. The van der Waals surface area contributed by atoms with E-state index in [1.807, 2.05) is 60.4 Å². The van der Waals surface area contributed by atoms with E-state index in [0.717, 1.165) is 22.2 Å². The van der Waals surface area contributed by atoms with Gasteiger partial charge in [0.1, 0.15) is 0 Å². The molecular formula is C22H21N5O3. The van der Waals surface area contributed by atoms with Crippen LogP contribution in [0, 0.1) is 6.92 Å². The van der Waals surface area contributed by atoms with E-state index in [1.54, 1.807) is 4.57 Å². The smallest absolute Gasteiger partial charge is 0.294 e. The minimum absolute atomic E-state index is 0.169. The van der Waals surface area contributed by atoms with Crippen molar-refractivity contribution in [2.75, 3.05) is 31.2 Å². The van der Waals surface area contributed by atoms with Gasteiger partial charge in [-0.2, -0.15) is 4.98 Å². The molecule has 0 unspecified atom stereocenters. The number of anilines is 1. The lowest BCUT2D eigenvalue weighted by Gasteiger charge is -2.27. The number of ether oxygens (including phenoxy) is 1. The predicted molar refractivity (Wildman–Crippen MR) is 113 cm³/mol. The molecule has 8 nitrogen and oxygen atoms in total. The van der Waals surface area contributed by atoms with E-state index in [-0.39, 0.29) is 12.1 Å². The Morgan fingerprint density at radius 2 is 1.77 bits per heavy atom. The maximum absolute atomic E-state index is 13.3. The number of nitrogens with zero attached hydrogens (tertiary/aromatic N) is 5. The minimum Gasteiger partial charge on any atom is -0.378 e. The number of aryl methyl sites for hydroxylation is 1. The lowest BCUT2D eigenvalue weighted by molar-refractivity contribution is 0.122. The normalized spacial score (nSPS) is 14.4. The molecule has 0 amide bonds. The van der Waals surface area contributed by atoms with Crippen LogP contribution in [0.5, 0.6) is 0 Å². The Bertz CT molecular complexity index is 1240. The molecule has 1 aliphatic heterocycles. The molecule has 0 bridgehead atoms. The monoisotopic (exact) mass is 403 g/mol. The molecule has 0 radical (unpaired) electrons. The van der Waals surface area contributed by atoms with Crippen molar-refractivity contribution in [3.63, 3.8) is 0 Å². The number of aromatic nitrogens is 4. The molecule has 30 heavy (non-hydrogen) atoms. The van der Waals surface area contributed by atoms with Gasteiger partial charge in [0.05, 0.1) is 30.8 Å². The van der Waals surface area contributed by atoms with Crippen molar-refractivity contribution in [2.45, 2.75) is 13.5 Å². The number of rotatable bonds is 4. The molecule has 3 heterocycles. The molecule has 1 fully saturated rings. The average Bonchev–Trinajstić information content (AvgIpc) is 3.25. The van der Waals surface area contributed by atoms with Gasteiger partial charge in [-0.05, 0) is 31.2 Å². The standard InChI is InChI=1S/C22H21N5O3/c1-15-6-8-16(9-7-15)21-24-19(25-30-21)14-27-18-5-3-2-4-17(18)23-20(22(27)28)26-10-12-29-13-11-26/h2-9H,10-14H2,1H3. The van der Waals surface area contributed by atoms with E-state index in [2.05, 4.69) is 15.1 Å². The number of hydrogen-bond acceptors (Lipinski definition) is 7. The molecule has 4 aromatic rings. The van der Waals surface area contributed by atoms with E-state index in [1.165, 1.54) is 0 Å². The second-order valence-electron chi connectivity index (χ2n) is 7.30. The van der Waals surface area contributed by atoms with Crippen molar-refractivity contribution in [1.29, 1.82) is 0 Å². The van der Waals surface area contributed by atoms with E-state index in [0.29, 0.717) is 43.8 Å². The molecule has 152 valence electrons. The molecule has 8 heteroatoms. The highest BCUT2D eigenvalue weighted by Gasteiger charge is 2.20. The first-order valence-electron chi connectivity index (χ1n) is 9.91. The minimum atomic E-state index is -0.169. The summed E-state index contributed by atoms with van der Waals surface area (Å²) < 4.78 is 12.5. The topological polar surface area (TPSA) is 86.3 Å². The summed E-state index contributed by atoms with van der Waals surface area (Å²) in [6.07, 6.45) is 0. The highest BCUT2D eigenvalue weighted by molar-refractivity contribution is 5.76. The van der Waals surface area contributed by atoms with Crippen LogP contribution in [-0.4, -0.2) is 46.0 Å². The average molecular weight is 403 g/mol. The lowest BCUT2D eigenvalue weighted by atomic mass is 10.1. The van der Waals surface area contributed by atoms with Crippen molar-refractivity contribution < 1.29 is 9.26 Å². The third-order valence-electron chi connectivity index (χ3n) is 5.21. The zero-order valence-electron chi connectivity index (χ0n) is 16.6. The molecular weight excluding hydrogens is 382 g/mol. The number of benzene rings is 2. The van der Waals surface area contributed by atoms with Crippen LogP contribution < -0.4 is 10.5 Å². The molecule has 1 saturated heterocycles. The Labute approximate surface area is 172 Å². The van der Waals surface area contributed by atoms with Gasteiger partial charge in [-0.25, -0.2) is 4.98 Å². The quantitative estimate of drug-likeness (QED) is 0.518. The maximum Gasteiger partial charge on any atom is 0.294 e. The van der Waals surface area contributed by atoms with Crippen molar-refractivity contribution in [2.24, 2.45) is 0 Å². The van der Waals surface area contributed by atoms with Crippen molar-refractivity contribution >= 4 is 16.9 Å². The van der Waals surface area contributed by atoms with Crippen LogP contribution >= 0.6 is 0 Å². The lowest BCUT2D eigenvalue weighted by Crippen LogP contribution is -2.41. The highest BCUT2D eigenvalue weighted by Crippen LogP contribution is 2.19. The van der Waals surface area contributed by atoms with Crippen LogP contribution in [-0.2, 0) is 11.3 Å². The fourth-order valence-corrected chi connectivity index (χ4v) is 3.59. The number of para-hydroxylation sites is 2. The maximum atomic E-state index is 13.3. The van der Waals surface area contributed by atoms with Gasteiger partial charge in [0.15, 0.2) is 11.6 Å². The summed E-state index contributed by atoms with van der Waals surface area (Å²) in [6, 6.07) is 15.5. The van der Waals surface area contributed by atoms with Crippen LogP contribution in [0.25, 0.3) is 22.5 Å². The first kappa shape index (κ1) is 18.5. The number of hydrogen-bond donors (Lipinski definition) is 0. The van der Waals surface area contributed by atoms with E-state index in [9.17, 15) is 4.79 Å².